The summed E-state index contributed by atoms with van der Waals surface area (Å²) in [6, 6.07) is 7.62. The fourth-order valence-corrected chi connectivity index (χ4v) is 2.93. The predicted octanol–water partition coefficient (Wildman–Crippen LogP) is 1.78. The van der Waals surface area contributed by atoms with Crippen molar-refractivity contribution in [3.63, 3.8) is 0 Å². The molecule has 8 nitrogen and oxygen atoms in total. The molecule has 8 heteroatoms. The molecule has 0 aliphatic carbocycles. The topological polar surface area (TPSA) is 108 Å². The average molecular weight is 402 g/mol. The van der Waals surface area contributed by atoms with E-state index in [1.807, 2.05) is 12.1 Å². The molecule has 0 aromatic heterocycles. The van der Waals surface area contributed by atoms with Crippen molar-refractivity contribution >= 4 is 23.8 Å². The molecular formula is C21H30N4O4. The highest BCUT2D eigenvalue weighted by atomic mass is 16.2. The van der Waals surface area contributed by atoms with E-state index in [-0.39, 0.29) is 36.6 Å². The fraction of sp³-hybridized carbons (Fsp3) is 0.524. The molecule has 0 unspecified atom stereocenters. The zero-order chi connectivity index (χ0) is 21.8. The lowest BCUT2D eigenvalue weighted by molar-refractivity contribution is -0.132. The predicted molar refractivity (Wildman–Crippen MR) is 109 cm³/mol. The molecule has 158 valence electrons. The molecule has 1 saturated heterocycles. The number of nitrogens with zero attached hydrogens (tertiary/aromatic N) is 1. The first-order chi connectivity index (χ1) is 13.4. The summed E-state index contributed by atoms with van der Waals surface area (Å²) in [4.78, 5) is 48.7. The lowest BCUT2D eigenvalue weighted by Gasteiger charge is -2.19. The molecule has 1 heterocycles. The monoisotopic (exact) mass is 402 g/mol. The lowest BCUT2D eigenvalue weighted by Crippen LogP contribution is -2.44. The number of carbonyl (C=O) groups is 4. The molecule has 5 amide bonds. The number of nitrogens with one attached hydrogen (secondary N) is 3. The SMILES string of the molecule is CC1(C)NC(=O)N(CCC(=O)NNC(=O)CCc2ccc(C(C)(C)C)cc2)C1=O. The van der Waals surface area contributed by atoms with Crippen molar-refractivity contribution in [3.05, 3.63) is 35.4 Å². The van der Waals surface area contributed by atoms with Crippen molar-refractivity contribution in [2.45, 2.75) is 64.8 Å². The van der Waals surface area contributed by atoms with E-state index in [4.69, 9.17) is 0 Å². The minimum absolute atomic E-state index is 0.0457. The van der Waals surface area contributed by atoms with Crippen LogP contribution in [0.15, 0.2) is 24.3 Å². The molecule has 0 saturated carbocycles. The van der Waals surface area contributed by atoms with Gasteiger partial charge in [-0.25, -0.2) is 4.79 Å². The zero-order valence-electron chi connectivity index (χ0n) is 17.7. The Morgan fingerprint density at radius 3 is 2.03 bits per heavy atom. The highest BCUT2D eigenvalue weighted by Gasteiger charge is 2.43. The van der Waals surface area contributed by atoms with Crippen LogP contribution in [0.4, 0.5) is 4.79 Å². The number of hydrogen-bond acceptors (Lipinski definition) is 4. The summed E-state index contributed by atoms with van der Waals surface area (Å²) in [7, 11) is 0. The summed E-state index contributed by atoms with van der Waals surface area (Å²) in [6.07, 6.45) is 0.698. The lowest BCUT2D eigenvalue weighted by atomic mass is 9.86. The highest BCUT2D eigenvalue weighted by molar-refractivity contribution is 6.06. The second-order valence-electron chi connectivity index (χ2n) is 8.81. The van der Waals surface area contributed by atoms with Crippen LogP contribution in [-0.2, 0) is 26.2 Å². The van der Waals surface area contributed by atoms with Crippen LogP contribution in [0.3, 0.4) is 0 Å². The zero-order valence-corrected chi connectivity index (χ0v) is 17.7. The van der Waals surface area contributed by atoms with Gasteiger partial charge in [0.1, 0.15) is 5.54 Å². The van der Waals surface area contributed by atoms with Gasteiger partial charge in [0, 0.05) is 19.4 Å². The third kappa shape index (κ3) is 6.04. The first-order valence-electron chi connectivity index (χ1n) is 9.71. The minimum Gasteiger partial charge on any atom is -0.324 e. The summed E-state index contributed by atoms with van der Waals surface area (Å²) in [6.45, 7) is 9.59. The van der Waals surface area contributed by atoms with Crippen molar-refractivity contribution in [1.82, 2.24) is 21.1 Å². The molecule has 1 aliphatic rings. The van der Waals surface area contributed by atoms with E-state index in [9.17, 15) is 19.2 Å². The standard InChI is InChI=1S/C21H30N4O4/c1-20(2,3)15-9-6-14(7-10-15)8-11-16(26)23-24-17(27)12-13-25-18(28)21(4,5)22-19(25)29/h6-7,9-10H,8,11-13H2,1-5H3,(H,22,29)(H,23,26)(H,24,27). The average Bonchev–Trinajstić information content (AvgIpc) is 2.83. The van der Waals surface area contributed by atoms with Gasteiger partial charge < -0.3 is 5.32 Å². The first-order valence-corrected chi connectivity index (χ1v) is 9.71. The van der Waals surface area contributed by atoms with Crippen molar-refractivity contribution < 1.29 is 19.2 Å². The third-order valence-electron chi connectivity index (χ3n) is 4.81. The number of carbonyl (C=O) groups excluding carboxylic acids is 4. The van der Waals surface area contributed by atoms with Gasteiger partial charge in [-0.15, -0.1) is 0 Å². The van der Waals surface area contributed by atoms with Gasteiger partial charge in [0.05, 0.1) is 0 Å². The molecule has 0 spiro atoms. The Morgan fingerprint density at radius 1 is 1.00 bits per heavy atom. The number of urea groups is 1. The third-order valence-corrected chi connectivity index (χ3v) is 4.81. The van der Waals surface area contributed by atoms with Crippen molar-refractivity contribution in [2.24, 2.45) is 0 Å². The number of hydrogen-bond donors (Lipinski definition) is 3. The van der Waals surface area contributed by atoms with Gasteiger partial charge >= 0.3 is 6.03 Å². The van der Waals surface area contributed by atoms with E-state index in [2.05, 4.69) is 49.1 Å². The number of amides is 5. The maximum absolute atomic E-state index is 12.1. The van der Waals surface area contributed by atoms with E-state index < -0.39 is 17.5 Å². The quantitative estimate of drug-likeness (QED) is 0.498. The van der Waals surface area contributed by atoms with Gasteiger partial charge in [-0.1, -0.05) is 45.0 Å². The normalized spacial score (nSPS) is 15.8. The van der Waals surface area contributed by atoms with E-state index in [1.165, 1.54) is 5.56 Å². The maximum atomic E-state index is 12.1. The summed E-state index contributed by atoms with van der Waals surface area (Å²) in [5.41, 5.74) is 6.06. The van der Waals surface area contributed by atoms with Crippen LogP contribution >= 0.6 is 0 Å². The Balaban J connectivity index is 1.70. The van der Waals surface area contributed by atoms with Gasteiger partial charge in [-0.3, -0.25) is 30.1 Å². The minimum atomic E-state index is -0.965. The summed E-state index contributed by atoms with van der Waals surface area (Å²) < 4.78 is 0. The number of hydrazine groups is 1. The second-order valence-corrected chi connectivity index (χ2v) is 8.81. The molecule has 0 atom stereocenters. The van der Waals surface area contributed by atoms with Crippen LogP contribution < -0.4 is 16.2 Å². The number of aryl methyl sites for hydroxylation is 1. The van der Waals surface area contributed by atoms with Gasteiger partial charge in [0.2, 0.25) is 11.8 Å². The number of rotatable bonds is 6. The Kier molecular flexibility index (Phi) is 6.66. The Hall–Kier alpha value is -2.90. The van der Waals surface area contributed by atoms with E-state index >= 15 is 0 Å². The van der Waals surface area contributed by atoms with Crippen LogP contribution in [0.25, 0.3) is 0 Å². The molecule has 1 aromatic rings. The smallest absolute Gasteiger partial charge is 0.324 e. The van der Waals surface area contributed by atoms with Crippen LogP contribution in [0, 0.1) is 0 Å². The summed E-state index contributed by atoms with van der Waals surface area (Å²) >= 11 is 0. The van der Waals surface area contributed by atoms with E-state index in [1.54, 1.807) is 13.8 Å². The number of imide groups is 1. The van der Waals surface area contributed by atoms with Crippen LogP contribution in [-0.4, -0.2) is 40.7 Å². The van der Waals surface area contributed by atoms with Crippen molar-refractivity contribution in [1.29, 1.82) is 0 Å². The van der Waals surface area contributed by atoms with E-state index in [0.29, 0.717) is 6.42 Å². The molecule has 0 bridgehead atoms. The molecule has 1 aromatic carbocycles. The summed E-state index contributed by atoms with van der Waals surface area (Å²) in [5, 5.41) is 2.55. The molecule has 3 N–H and O–H groups in total. The van der Waals surface area contributed by atoms with Crippen LogP contribution in [0.1, 0.15) is 58.6 Å². The van der Waals surface area contributed by atoms with Crippen molar-refractivity contribution in [3.8, 4) is 0 Å². The van der Waals surface area contributed by atoms with Crippen LogP contribution in [0.2, 0.25) is 0 Å². The molecule has 2 rings (SSSR count). The fourth-order valence-electron chi connectivity index (χ4n) is 2.93. The Morgan fingerprint density at radius 2 is 1.55 bits per heavy atom. The van der Waals surface area contributed by atoms with Crippen molar-refractivity contribution in [2.75, 3.05) is 6.54 Å². The first kappa shape index (κ1) is 22.4. The molecular weight excluding hydrogens is 372 g/mol. The maximum Gasteiger partial charge on any atom is 0.325 e. The van der Waals surface area contributed by atoms with Gasteiger partial charge in [-0.05, 0) is 36.8 Å². The molecule has 29 heavy (non-hydrogen) atoms. The van der Waals surface area contributed by atoms with Crippen LogP contribution in [0.5, 0.6) is 0 Å². The number of benzene rings is 1. The summed E-state index contributed by atoms with van der Waals surface area (Å²) in [5.74, 6) is -1.16. The van der Waals surface area contributed by atoms with Gasteiger partial charge in [0.15, 0.2) is 0 Å². The van der Waals surface area contributed by atoms with Gasteiger partial charge in [-0.2, -0.15) is 0 Å². The highest BCUT2D eigenvalue weighted by Crippen LogP contribution is 2.22. The van der Waals surface area contributed by atoms with E-state index in [0.717, 1.165) is 10.5 Å². The Labute approximate surface area is 171 Å². The molecule has 1 aliphatic heterocycles. The second kappa shape index (κ2) is 8.63. The van der Waals surface area contributed by atoms with Gasteiger partial charge in [0.25, 0.3) is 5.91 Å². The molecule has 1 fully saturated rings. The molecule has 0 radical (unpaired) electrons. The Bertz CT molecular complexity index is 794. The largest absolute Gasteiger partial charge is 0.325 e.